The Kier molecular flexibility index (Phi) is 42.3. The van der Waals surface area contributed by atoms with Crippen molar-refractivity contribution in [2.24, 2.45) is 0 Å². The molecule has 0 spiro atoms. The normalized spacial score (nSPS) is 14.9. The molecule has 8 nitrogen and oxygen atoms in total. The Morgan fingerprint density at radius 1 is 0.565 bits per heavy atom. The lowest BCUT2D eigenvalue weighted by atomic mass is 10.0. The van der Waals surface area contributed by atoms with E-state index in [1.165, 1.54) is 89.9 Å². The van der Waals surface area contributed by atoms with E-state index in [0.717, 1.165) is 83.5 Å². The Labute approximate surface area is 382 Å². The monoisotopic (exact) mass is 888 g/mol. The lowest BCUT2D eigenvalue weighted by Gasteiger charge is -2.25. The second-order valence-corrected chi connectivity index (χ2v) is 19.3. The molecule has 0 aromatic heterocycles. The van der Waals surface area contributed by atoms with Gasteiger partial charge in [0.1, 0.15) is 13.2 Å². The van der Waals surface area contributed by atoms with Crippen molar-refractivity contribution < 1.29 is 32.9 Å². The number of rotatable bonds is 44. The molecule has 1 amide bonds. The van der Waals surface area contributed by atoms with Crippen molar-refractivity contribution in [1.29, 1.82) is 0 Å². The van der Waals surface area contributed by atoms with Crippen LogP contribution in [0.25, 0.3) is 0 Å². The fourth-order valence-electron chi connectivity index (χ4n) is 6.69. The lowest BCUT2D eigenvalue weighted by Crippen LogP contribution is -2.45. The van der Waals surface area contributed by atoms with E-state index in [4.69, 9.17) is 9.05 Å². The lowest BCUT2D eigenvalue weighted by molar-refractivity contribution is -0.870. The molecule has 0 heterocycles. The molecule has 0 aliphatic carbocycles. The molecule has 0 fully saturated rings. The average Bonchev–Trinajstić information content (AvgIpc) is 3.23. The minimum atomic E-state index is -4.35. The second kappa shape index (κ2) is 43.9. The van der Waals surface area contributed by atoms with E-state index in [-0.39, 0.29) is 19.1 Å². The maximum atomic E-state index is 12.9. The van der Waals surface area contributed by atoms with E-state index in [2.05, 4.69) is 92.1 Å². The van der Waals surface area contributed by atoms with E-state index in [0.29, 0.717) is 17.4 Å². The Hall–Kier alpha value is -2.32. The number of aliphatic hydroxyl groups excluding tert-OH is 1. The molecule has 0 saturated carbocycles. The van der Waals surface area contributed by atoms with Gasteiger partial charge in [-0.05, 0) is 70.6 Å². The Morgan fingerprint density at radius 3 is 1.42 bits per heavy atom. The van der Waals surface area contributed by atoms with Crippen molar-refractivity contribution in [1.82, 2.24) is 5.32 Å². The molecule has 62 heavy (non-hydrogen) atoms. The molecule has 0 bridgehead atoms. The molecule has 358 valence electrons. The smallest absolute Gasteiger partial charge is 0.387 e. The second-order valence-electron chi connectivity index (χ2n) is 17.8. The third-order valence-electron chi connectivity index (χ3n) is 10.6. The zero-order chi connectivity index (χ0) is 45.7. The van der Waals surface area contributed by atoms with Gasteiger partial charge in [0.15, 0.2) is 0 Å². The summed E-state index contributed by atoms with van der Waals surface area (Å²) in [6.07, 6.45) is 60.8. The number of phosphoric acid groups is 1. The maximum Gasteiger partial charge on any atom is 0.472 e. The highest BCUT2D eigenvalue weighted by Gasteiger charge is 2.27. The first kappa shape index (κ1) is 59.7. The third kappa shape index (κ3) is 45.7. The third-order valence-corrected chi connectivity index (χ3v) is 11.6. The zero-order valence-electron chi connectivity index (χ0n) is 40.6. The van der Waals surface area contributed by atoms with Crippen molar-refractivity contribution in [2.75, 3.05) is 40.9 Å². The summed E-state index contributed by atoms with van der Waals surface area (Å²) in [4.78, 5) is 23.2. The van der Waals surface area contributed by atoms with Crippen LogP contribution in [0.3, 0.4) is 0 Å². The predicted octanol–water partition coefficient (Wildman–Crippen LogP) is 14.5. The van der Waals surface area contributed by atoms with Crippen molar-refractivity contribution in [3.63, 3.8) is 0 Å². The molecule has 0 aliphatic rings. The summed E-state index contributed by atoms with van der Waals surface area (Å²) in [6, 6.07) is -0.855. The summed E-state index contributed by atoms with van der Waals surface area (Å²) in [5.74, 6) is -0.190. The number of nitrogens with one attached hydrogen (secondary N) is 1. The largest absolute Gasteiger partial charge is 0.472 e. The molecule has 0 rings (SSSR count). The van der Waals surface area contributed by atoms with Gasteiger partial charge in [0.05, 0.1) is 39.9 Å². The number of hydrogen-bond acceptors (Lipinski definition) is 5. The van der Waals surface area contributed by atoms with Gasteiger partial charge in [-0.1, -0.05) is 202 Å². The molecule has 3 atom stereocenters. The average molecular weight is 888 g/mol. The molecular weight excluding hydrogens is 792 g/mol. The number of unbranched alkanes of at least 4 members (excludes halogenated alkanes) is 19. The number of likely N-dealkylation sites (N-methyl/N-ethyl adjacent to an activating group) is 1. The number of hydrogen-bond donors (Lipinski definition) is 3. The van der Waals surface area contributed by atoms with E-state index in [1.807, 2.05) is 27.2 Å². The number of quaternary nitrogens is 1. The van der Waals surface area contributed by atoms with Crippen LogP contribution in [-0.4, -0.2) is 73.4 Å². The molecule has 0 aromatic rings. The highest BCUT2D eigenvalue weighted by Crippen LogP contribution is 2.43. The molecule has 9 heteroatoms. The Morgan fingerprint density at radius 2 is 0.968 bits per heavy atom. The van der Waals surface area contributed by atoms with E-state index in [9.17, 15) is 19.4 Å². The molecule has 3 N–H and O–H groups in total. The molecule has 3 unspecified atom stereocenters. The summed E-state index contributed by atoms with van der Waals surface area (Å²) < 4.78 is 23.6. The van der Waals surface area contributed by atoms with Crippen LogP contribution >= 0.6 is 7.82 Å². The zero-order valence-corrected chi connectivity index (χ0v) is 41.5. The number of nitrogens with zero attached hydrogens (tertiary/aromatic N) is 1. The molecule has 0 aromatic carbocycles. The highest BCUT2D eigenvalue weighted by molar-refractivity contribution is 7.47. The van der Waals surface area contributed by atoms with Gasteiger partial charge in [-0.2, -0.15) is 0 Å². The Balaban J connectivity index is 4.29. The standard InChI is InChI=1S/C53H95N2O6P/c1-6-8-10-12-14-16-18-20-21-22-23-24-25-26-27-28-29-30-31-32-33-35-37-39-41-43-45-47-53(57)54-51(50-61-62(58,59)60-49-48-55(3,4)5)52(56)46-44-42-40-38-36-34-19-17-15-13-11-9-7-2/h8,10,14,16,20-21,23-24,26-27,29-30,44,46,51-52,56H,6-7,9,11-13,15,17-19,22,25,28,31-43,45,47-50H2,1-5H3,(H-,54,57,58,59)/p+1/b10-8-,16-14-,21-20-,24-23-,27-26-,30-29-,46-44+. The topological polar surface area (TPSA) is 105 Å². The number of allylic oxidation sites excluding steroid dienone is 13. The first-order chi connectivity index (χ1) is 30.0. The predicted molar refractivity (Wildman–Crippen MR) is 267 cm³/mol. The minimum Gasteiger partial charge on any atom is -0.387 e. The van der Waals surface area contributed by atoms with Crippen molar-refractivity contribution in [3.05, 3.63) is 85.1 Å². The van der Waals surface area contributed by atoms with E-state index >= 15 is 0 Å². The van der Waals surface area contributed by atoms with Crippen LogP contribution in [0.1, 0.15) is 194 Å². The first-order valence-corrected chi connectivity index (χ1v) is 26.5. The summed E-state index contributed by atoms with van der Waals surface area (Å²) >= 11 is 0. The van der Waals surface area contributed by atoms with Gasteiger partial charge in [0, 0.05) is 6.42 Å². The molecular formula is C53H96N2O6P+. The van der Waals surface area contributed by atoms with Crippen LogP contribution < -0.4 is 5.32 Å². The first-order valence-electron chi connectivity index (χ1n) is 25.0. The summed E-state index contributed by atoms with van der Waals surface area (Å²) in [7, 11) is 1.55. The number of amides is 1. The number of carbonyl (C=O) groups is 1. The number of phosphoric ester groups is 1. The molecule has 0 radical (unpaired) electrons. The van der Waals surface area contributed by atoms with Gasteiger partial charge in [0.2, 0.25) is 5.91 Å². The number of carbonyl (C=O) groups excluding carboxylic acids is 1. The summed E-state index contributed by atoms with van der Waals surface area (Å²) in [6.45, 7) is 4.67. The van der Waals surface area contributed by atoms with E-state index < -0.39 is 20.0 Å². The fraction of sp³-hybridized carbons (Fsp3) is 0.717. The molecule has 0 aliphatic heterocycles. The number of aliphatic hydroxyl groups is 1. The summed E-state index contributed by atoms with van der Waals surface area (Å²) in [5, 5.41) is 13.8. The van der Waals surface area contributed by atoms with Crippen LogP contribution in [0.15, 0.2) is 85.1 Å². The SMILES string of the molecule is CC/C=C\C/C=C\C/C=C\C/C=C\C/C=C\C/C=C\CCCCCCCCCCC(=O)NC(COP(=O)(O)OCC[N+](C)(C)C)C(O)/C=C/CCCCCCCCCCCCC. The van der Waals surface area contributed by atoms with Crippen LogP contribution in [0.4, 0.5) is 0 Å². The fourth-order valence-corrected chi connectivity index (χ4v) is 7.43. The van der Waals surface area contributed by atoms with Crippen molar-refractivity contribution in [2.45, 2.75) is 206 Å². The van der Waals surface area contributed by atoms with Gasteiger partial charge in [-0.3, -0.25) is 13.8 Å². The van der Waals surface area contributed by atoms with Crippen LogP contribution in [0.5, 0.6) is 0 Å². The highest BCUT2D eigenvalue weighted by atomic mass is 31.2. The van der Waals surface area contributed by atoms with Crippen LogP contribution in [0.2, 0.25) is 0 Å². The van der Waals surface area contributed by atoms with Gasteiger partial charge in [-0.25, -0.2) is 4.57 Å². The summed E-state index contributed by atoms with van der Waals surface area (Å²) in [5.41, 5.74) is 0. The van der Waals surface area contributed by atoms with Gasteiger partial charge >= 0.3 is 7.82 Å². The van der Waals surface area contributed by atoms with Crippen LogP contribution in [-0.2, 0) is 18.4 Å². The molecule has 0 saturated heterocycles. The maximum absolute atomic E-state index is 12.9. The van der Waals surface area contributed by atoms with E-state index in [1.54, 1.807) is 6.08 Å². The minimum absolute atomic E-state index is 0.0556. The van der Waals surface area contributed by atoms with Crippen LogP contribution in [0, 0.1) is 0 Å². The Bertz CT molecular complexity index is 1280. The van der Waals surface area contributed by atoms with Crippen molar-refractivity contribution >= 4 is 13.7 Å². The van der Waals surface area contributed by atoms with Gasteiger partial charge < -0.3 is 19.8 Å². The van der Waals surface area contributed by atoms with Crippen molar-refractivity contribution in [3.8, 4) is 0 Å². The van der Waals surface area contributed by atoms with Gasteiger partial charge in [0.25, 0.3) is 0 Å². The van der Waals surface area contributed by atoms with Gasteiger partial charge in [-0.15, -0.1) is 0 Å². The quantitative estimate of drug-likeness (QED) is 0.0244.